The van der Waals surface area contributed by atoms with Crippen molar-refractivity contribution in [3.63, 3.8) is 0 Å². The van der Waals surface area contributed by atoms with Gasteiger partial charge in [-0.15, -0.1) is 0 Å². The number of nitrogens with zero attached hydrogens (tertiary/aromatic N) is 2. The standard InChI is InChI=1S/C24H31N3O2/c1-17-11-12-18(2)20(15-17)16-27-22-9-5-4-8-21(22)26-23(27)13-14-25-24(29)10-6-7-19(3)28/h4-5,8-9,11-12,15,19,28H,6-7,10,13-14,16H2,1-3H3,(H,25,29). The van der Waals surface area contributed by atoms with E-state index in [0.29, 0.717) is 32.2 Å². The minimum Gasteiger partial charge on any atom is -0.393 e. The molecule has 1 atom stereocenters. The van der Waals surface area contributed by atoms with E-state index in [9.17, 15) is 9.90 Å². The maximum Gasteiger partial charge on any atom is 0.220 e. The normalized spacial score (nSPS) is 12.3. The molecule has 5 nitrogen and oxygen atoms in total. The van der Waals surface area contributed by atoms with Gasteiger partial charge in [0.05, 0.1) is 17.1 Å². The summed E-state index contributed by atoms with van der Waals surface area (Å²) in [5.41, 5.74) is 5.91. The van der Waals surface area contributed by atoms with Crippen LogP contribution in [0.3, 0.4) is 0 Å². The second kappa shape index (κ2) is 9.70. The van der Waals surface area contributed by atoms with Gasteiger partial charge in [0.25, 0.3) is 0 Å². The van der Waals surface area contributed by atoms with Crippen molar-refractivity contribution < 1.29 is 9.90 Å². The van der Waals surface area contributed by atoms with Gasteiger partial charge in [0.1, 0.15) is 5.82 Å². The smallest absolute Gasteiger partial charge is 0.220 e. The fourth-order valence-electron chi connectivity index (χ4n) is 3.59. The molecule has 2 N–H and O–H groups in total. The summed E-state index contributed by atoms with van der Waals surface area (Å²) < 4.78 is 2.26. The molecule has 0 saturated carbocycles. The van der Waals surface area contributed by atoms with Gasteiger partial charge in [0.2, 0.25) is 5.91 Å². The SMILES string of the molecule is Cc1ccc(C)c(Cn2c(CCNC(=O)CCCC(C)O)nc3ccccc32)c1. The van der Waals surface area contributed by atoms with E-state index in [1.165, 1.54) is 16.7 Å². The predicted molar refractivity (Wildman–Crippen MR) is 117 cm³/mol. The van der Waals surface area contributed by atoms with Crippen LogP contribution in [-0.4, -0.2) is 33.2 Å². The first-order chi connectivity index (χ1) is 13.9. The lowest BCUT2D eigenvalue weighted by Crippen LogP contribution is -2.26. The Bertz CT molecular complexity index is 975. The number of hydrogen-bond acceptors (Lipinski definition) is 3. The molecule has 154 valence electrons. The molecule has 1 aromatic heterocycles. The number of aromatic nitrogens is 2. The summed E-state index contributed by atoms with van der Waals surface area (Å²) in [6.45, 7) is 7.33. The van der Waals surface area contributed by atoms with Crippen LogP contribution in [0.15, 0.2) is 42.5 Å². The van der Waals surface area contributed by atoms with Gasteiger partial charge in [-0.3, -0.25) is 4.79 Å². The molecule has 0 saturated heterocycles. The van der Waals surface area contributed by atoms with Gasteiger partial charge in [0, 0.05) is 25.9 Å². The molecule has 3 rings (SSSR count). The number of aryl methyl sites for hydroxylation is 2. The number of nitrogens with one attached hydrogen (secondary N) is 1. The molecule has 3 aromatic rings. The number of fused-ring (bicyclic) bond motifs is 1. The third kappa shape index (κ3) is 5.67. The molecule has 1 amide bonds. The van der Waals surface area contributed by atoms with E-state index < -0.39 is 0 Å². The Labute approximate surface area is 172 Å². The van der Waals surface area contributed by atoms with Crippen molar-refractivity contribution in [2.75, 3.05) is 6.54 Å². The molecule has 0 bridgehead atoms. The van der Waals surface area contributed by atoms with Crippen LogP contribution in [0.1, 0.15) is 48.7 Å². The second-order valence-corrected chi connectivity index (χ2v) is 7.87. The summed E-state index contributed by atoms with van der Waals surface area (Å²) in [7, 11) is 0. The summed E-state index contributed by atoms with van der Waals surface area (Å²) in [6.07, 6.45) is 2.13. The molecule has 2 aromatic carbocycles. The van der Waals surface area contributed by atoms with Crippen molar-refractivity contribution in [1.82, 2.24) is 14.9 Å². The molecular formula is C24H31N3O2. The number of carbonyl (C=O) groups excluding carboxylic acids is 1. The summed E-state index contributed by atoms with van der Waals surface area (Å²) in [4.78, 5) is 16.8. The maximum atomic E-state index is 12.0. The number of rotatable bonds is 9. The van der Waals surface area contributed by atoms with Crippen LogP contribution in [0.2, 0.25) is 0 Å². The number of aliphatic hydroxyl groups is 1. The average Bonchev–Trinajstić information content (AvgIpc) is 3.02. The van der Waals surface area contributed by atoms with E-state index >= 15 is 0 Å². The number of imidazole rings is 1. The first-order valence-corrected chi connectivity index (χ1v) is 10.4. The van der Waals surface area contributed by atoms with Crippen LogP contribution >= 0.6 is 0 Å². The summed E-state index contributed by atoms with van der Waals surface area (Å²) in [5.74, 6) is 1.01. The van der Waals surface area contributed by atoms with E-state index in [1.807, 2.05) is 18.2 Å². The highest BCUT2D eigenvalue weighted by Gasteiger charge is 2.12. The highest BCUT2D eigenvalue weighted by Crippen LogP contribution is 2.20. The van der Waals surface area contributed by atoms with Gasteiger partial charge in [0.15, 0.2) is 0 Å². The van der Waals surface area contributed by atoms with Crippen LogP contribution in [0.4, 0.5) is 0 Å². The molecule has 0 spiro atoms. The fraction of sp³-hybridized carbons (Fsp3) is 0.417. The van der Waals surface area contributed by atoms with Crippen LogP contribution in [0, 0.1) is 13.8 Å². The Kier molecular flexibility index (Phi) is 7.04. The Balaban J connectivity index is 1.72. The van der Waals surface area contributed by atoms with E-state index in [1.54, 1.807) is 6.92 Å². The van der Waals surface area contributed by atoms with Crippen LogP contribution in [0.5, 0.6) is 0 Å². The highest BCUT2D eigenvalue weighted by atomic mass is 16.3. The third-order valence-electron chi connectivity index (χ3n) is 5.26. The Morgan fingerprint density at radius 3 is 2.79 bits per heavy atom. The minimum absolute atomic E-state index is 0.0304. The van der Waals surface area contributed by atoms with Gasteiger partial charge in [-0.1, -0.05) is 35.9 Å². The lowest BCUT2D eigenvalue weighted by Gasteiger charge is -2.13. The van der Waals surface area contributed by atoms with Gasteiger partial charge in [-0.05, 0) is 56.9 Å². The largest absolute Gasteiger partial charge is 0.393 e. The molecule has 1 unspecified atom stereocenters. The molecular weight excluding hydrogens is 362 g/mol. The van der Waals surface area contributed by atoms with Crippen molar-refractivity contribution in [1.29, 1.82) is 0 Å². The topological polar surface area (TPSA) is 67.2 Å². The zero-order valence-electron chi connectivity index (χ0n) is 17.6. The van der Waals surface area contributed by atoms with Crippen molar-refractivity contribution >= 4 is 16.9 Å². The number of carbonyl (C=O) groups is 1. The number of amides is 1. The summed E-state index contributed by atoms with van der Waals surface area (Å²) in [6, 6.07) is 14.7. The van der Waals surface area contributed by atoms with Crippen molar-refractivity contribution in [2.45, 2.75) is 59.1 Å². The van der Waals surface area contributed by atoms with Crippen LogP contribution in [-0.2, 0) is 17.8 Å². The minimum atomic E-state index is -0.354. The van der Waals surface area contributed by atoms with Crippen LogP contribution < -0.4 is 5.32 Å². The van der Waals surface area contributed by atoms with Crippen LogP contribution in [0.25, 0.3) is 11.0 Å². The van der Waals surface area contributed by atoms with Gasteiger partial charge in [-0.25, -0.2) is 4.98 Å². The second-order valence-electron chi connectivity index (χ2n) is 7.87. The average molecular weight is 394 g/mol. The molecule has 0 aliphatic carbocycles. The lowest BCUT2D eigenvalue weighted by molar-refractivity contribution is -0.121. The van der Waals surface area contributed by atoms with Crippen molar-refractivity contribution in [3.8, 4) is 0 Å². The summed E-state index contributed by atoms with van der Waals surface area (Å²) >= 11 is 0. The quantitative estimate of drug-likeness (QED) is 0.579. The van der Waals surface area contributed by atoms with Crippen molar-refractivity contribution in [3.05, 3.63) is 65.0 Å². The first kappa shape index (κ1) is 21.1. The predicted octanol–water partition coefficient (Wildman–Crippen LogP) is 3.91. The van der Waals surface area contributed by atoms with Crippen molar-refractivity contribution in [2.24, 2.45) is 0 Å². The zero-order valence-corrected chi connectivity index (χ0v) is 17.6. The highest BCUT2D eigenvalue weighted by molar-refractivity contribution is 5.77. The van der Waals surface area contributed by atoms with E-state index in [2.05, 4.69) is 48.0 Å². The van der Waals surface area contributed by atoms with E-state index in [-0.39, 0.29) is 12.0 Å². The molecule has 1 heterocycles. The van der Waals surface area contributed by atoms with Gasteiger partial charge in [-0.2, -0.15) is 0 Å². The molecule has 5 heteroatoms. The first-order valence-electron chi connectivity index (χ1n) is 10.4. The molecule has 0 radical (unpaired) electrons. The lowest BCUT2D eigenvalue weighted by atomic mass is 10.1. The third-order valence-corrected chi connectivity index (χ3v) is 5.26. The Morgan fingerprint density at radius 1 is 1.21 bits per heavy atom. The number of benzene rings is 2. The van der Waals surface area contributed by atoms with Gasteiger partial charge >= 0.3 is 0 Å². The van der Waals surface area contributed by atoms with E-state index in [4.69, 9.17) is 4.98 Å². The fourth-order valence-corrected chi connectivity index (χ4v) is 3.59. The molecule has 0 aliphatic rings. The Hall–Kier alpha value is -2.66. The molecule has 0 aliphatic heterocycles. The Morgan fingerprint density at radius 2 is 2.00 bits per heavy atom. The number of para-hydroxylation sites is 2. The molecule has 0 fully saturated rings. The summed E-state index contributed by atoms with van der Waals surface area (Å²) in [5, 5.41) is 12.3. The maximum absolute atomic E-state index is 12.0. The number of aliphatic hydroxyl groups excluding tert-OH is 1. The molecule has 29 heavy (non-hydrogen) atoms. The van der Waals surface area contributed by atoms with Gasteiger partial charge < -0.3 is 15.0 Å². The monoisotopic (exact) mass is 393 g/mol. The zero-order chi connectivity index (χ0) is 20.8. The number of hydrogen-bond donors (Lipinski definition) is 2. The van der Waals surface area contributed by atoms with E-state index in [0.717, 1.165) is 23.4 Å².